The molecule has 7 nitrogen and oxygen atoms in total. The van der Waals surface area contributed by atoms with Crippen molar-refractivity contribution in [1.29, 1.82) is 0 Å². The molecule has 2 aliphatic rings. The molecule has 0 bridgehead atoms. The normalized spacial score (nSPS) is 19.0. The van der Waals surface area contributed by atoms with Crippen molar-refractivity contribution in [2.24, 2.45) is 10.9 Å². The Morgan fingerprint density at radius 3 is 2.76 bits per heavy atom. The van der Waals surface area contributed by atoms with E-state index >= 15 is 0 Å². The van der Waals surface area contributed by atoms with Gasteiger partial charge in [0, 0.05) is 46.1 Å². The number of aryl methyl sites for hydroxylation is 2. The van der Waals surface area contributed by atoms with E-state index in [-0.39, 0.29) is 0 Å². The second-order valence-electron chi connectivity index (χ2n) is 8.35. The maximum absolute atomic E-state index is 6.02. The SMILES string of the molecule is CCOC(CCNC(=NC)NCCCc1nnc2n1CCCCC2)C1CCCC1. The minimum atomic E-state index is 0.385. The summed E-state index contributed by atoms with van der Waals surface area (Å²) in [5, 5.41) is 15.7. The van der Waals surface area contributed by atoms with E-state index in [4.69, 9.17) is 4.74 Å². The van der Waals surface area contributed by atoms with Crippen LogP contribution in [0.25, 0.3) is 0 Å². The van der Waals surface area contributed by atoms with Crippen LogP contribution in [0.1, 0.15) is 76.4 Å². The predicted molar refractivity (Wildman–Crippen MR) is 117 cm³/mol. The summed E-state index contributed by atoms with van der Waals surface area (Å²) in [6.07, 6.45) is 13.7. The van der Waals surface area contributed by atoms with Crippen molar-refractivity contribution in [3.05, 3.63) is 11.6 Å². The summed E-state index contributed by atoms with van der Waals surface area (Å²) in [6, 6.07) is 0. The summed E-state index contributed by atoms with van der Waals surface area (Å²) in [4.78, 5) is 4.37. The average molecular weight is 405 g/mol. The molecule has 0 aromatic carbocycles. The number of nitrogens with one attached hydrogen (secondary N) is 2. The maximum atomic E-state index is 6.02. The smallest absolute Gasteiger partial charge is 0.190 e. The van der Waals surface area contributed by atoms with Gasteiger partial charge in [-0.15, -0.1) is 10.2 Å². The molecule has 2 heterocycles. The fraction of sp³-hybridized carbons (Fsp3) is 0.864. The van der Waals surface area contributed by atoms with Crippen LogP contribution in [-0.2, 0) is 24.1 Å². The van der Waals surface area contributed by atoms with Gasteiger partial charge in [0.15, 0.2) is 5.96 Å². The lowest BCUT2D eigenvalue weighted by atomic mass is 9.98. The molecule has 0 amide bonds. The molecule has 1 fully saturated rings. The van der Waals surface area contributed by atoms with Crippen molar-refractivity contribution in [3.8, 4) is 0 Å². The van der Waals surface area contributed by atoms with Gasteiger partial charge in [0.2, 0.25) is 0 Å². The van der Waals surface area contributed by atoms with Crippen LogP contribution in [0.5, 0.6) is 0 Å². The third kappa shape index (κ3) is 6.69. The molecule has 7 heteroatoms. The highest BCUT2D eigenvalue weighted by Crippen LogP contribution is 2.30. The van der Waals surface area contributed by atoms with Crippen molar-refractivity contribution in [2.45, 2.75) is 90.2 Å². The molecule has 1 atom stereocenters. The zero-order valence-corrected chi connectivity index (χ0v) is 18.5. The van der Waals surface area contributed by atoms with E-state index in [1.165, 1.54) is 50.8 Å². The van der Waals surface area contributed by atoms with Gasteiger partial charge in [-0.25, -0.2) is 0 Å². The molecular formula is C22H40N6O. The van der Waals surface area contributed by atoms with Crippen LogP contribution >= 0.6 is 0 Å². The lowest BCUT2D eigenvalue weighted by Crippen LogP contribution is -2.40. The Morgan fingerprint density at radius 1 is 1.14 bits per heavy atom. The van der Waals surface area contributed by atoms with Gasteiger partial charge < -0.3 is 19.9 Å². The Bertz CT molecular complexity index is 623. The maximum Gasteiger partial charge on any atom is 0.190 e. The lowest BCUT2D eigenvalue weighted by molar-refractivity contribution is 0.0169. The van der Waals surface area contributed by atoms with E-state index in [1.54, 1.807) is 0 Å². The molecule has 164 valence electrons. The molecule has 2 N–H and O–H groups in total. The van der Waals surface area contributed by atoms with E-state index in [0.717, 1.165) is 69.6 Å². The first-order valence-electron chi connectivity index (χ1n) is 11.8. The van der Waals surface area contributed by atoms with Crippen molar-refractivity contribution in [2.75, 3.05) is 26.7 Å². The minimum absolute atomic E-state index is 0.385. The summed E-state index contributed by atoms with van der Waals surface area (Å²) >= 11 is 0. The monoisotopic (exact) mass is 404 g/mol. The molecule has 1 unspecified atom stereocenters. The third-order valence-corrected chi connectivity index (χ3v) is 6.31. The summed E-state index contributed by atoms with van der Waals surface area (Å²) in [6.45, 7) is 5.78. The summed E-state index contributed by atoms with van der Waals surface area (Å²) in [5.41, 5.74) is 0. The largest absolute Gasteiger partial charge is 0.378 e. The molecule has 0 spiro atoms. The highest BCUT2D eigenvalue weighted by molar-refractivity contribution is 5.79. The molecule has 1 aromatic heterocycles. The van der Waals surface area contributed by atoms with Gasteiger partial charge in [0.25, 0.3) is 0 Å². The molecule has 1 saturated carbocycles. The number of aromatic nitrogens is 3. The van der Waals surface area contributed by atoms with Crippen LogP contribution in [0.4, 0.5) is 0 Å². The molecule has 1 aliphatic carbocycles. The second-order valence-corrected chi connectivity index (χ2v) is 8.35. The number of rotatable bonds is 10. The average Bonchev–Trinajstić information content (AvgIpc) is 3.34. The van der Waals surface area contributed by atoms with Crippen LogP contribution in [0.3, 0.4) is 0 Å². The molecule has 0 radical (unpaired) electrons. The first kappa shape index (κ1) is 22.1. The third-order valence-electron chi connectivity index (χ3n) is 6.31. The summed E-state index contributed by atoms with van der Waals surface area (Å²) in [5.74, 6) is 3.94. The predicted octanol–water partition coefficient (Wildman–Crippen LogP) is 3.09. The fourth-order valence-electron chi connectivity index (χ4n) is 4.74. The van der Waals surface area contributed by atoms with Gasteiger partial charge in [0.1, 0.15) is 11.6 Å². The standard InChI is InChI=1S/C22H40N6O/c1-3-29-19(18-10-6-7-11-18)14-16-25-22(23-2)24-15-9-13-21-27-26-20-12-5-4-8-17-28(20)21/h18-19H,3-17H2,1-2H3,(H2,23,24,25). The fourth-order valence-corrected chi connectivity index (χ4v) is 4.74. The lowest BCUT2D eigenvalue weighted by Gasteiger charge is -2.24. The van der Waals surface area contributed by atoms with Gasteiger partial charge >= 0.3 is 0 Å². The number of nitrogens with zero attached hydrogens (tertiary/aromatic N) is 4. The molecule has 0 saturated heterocycles. The Balaban J connectivity index is 1.34. The van der Waals surface area contributed by atoms with Crippen LogP contribution in [0.2, 0.25) is 0 Å². The van der Waals surface area contributed by atoms with Crippen LogP contribution < -0.4 is 10.6 Å². The number of aliphatic imine (C=N–C) groups is 1. The first-order chi connectivity index (χ1) is 14.3. The molecule has 1 aliphatic heterocycles. The number of ether oxygens (including phenoxy) is 1. The van der Waals surface area contributed by atoms with Crippen molar-refractivity contribution in [1.82, 2.24) is 25.4 Å². The zero-order valence-electron chi connectivity index (χ0n) is 18.5. The number of guanidine groups is 1. The van der Waals surface area contributed by atoms with Crippen LogP contribution in [-0.4, -0.2) is 53.6 Å². The van der Waals surface area contributed by atoms with Crippen molar-refractivity contribution < 1.29 is 4.74 Å². The highest BCUT2D eigenvalue weighted by Gasteiger charge is 2.25. The van der Waals surface area contributed by atoms with Gasteiger partial charge in [-0.05, 0) is 51.4 Å². The molecule has 29 heavy (non-hydrogen) atoms. The Labute approximate surface area is 176 Å². The Morgan fingerprint density at radius 2 is 1.97 bits per heavy atom. The van der Waals surface area contributed by atoms with Gasteiger partial charge in [-0.1, -0.05) is 19.3 Å². The number of hydrogen-bond acceptors (Lipinski definition) is 4. The highest BCUT2D eigenvalue weighted by atomic mass is 16.5. The topological polar surface area (TPSA) is 76.4 Å². The zero-order chi connectivity index (χ0) is 20.3. The van der Waals surface area contributed by atoms with Crippen molar-refractivity contribution in [3.63, 3.8) is 0 Å². The Hall–Kier alpha value is -1.63. The van der Waals surface area contributed by atoms with Crippen LogP contribution in [0, 0.1) is 5.92 Å². The van der Waals surface area contributed by atoms with E-state index in [9.17, 15) is 0 Å². The van der Waals surface area contributed by atoms with Crippen LogP contribution in [0.15, 0.2) is 4.99 Å². The first-order valence-corrected chi connectivity index (χ1v) is 11.8. The molecular weight excluding hydrogens is 364 g/mol. The van der Waals surface area contributed by atoms with E-state index in [1.807, 2.05) is 7.05 Å². The van der Waals surface area contributed by atoms with Crippen molar-refractivity contribution >= 4 is 5.96 Å². The van der Waals surface area contributed by atoms with Gasteiger partial charge in [0.05, 0.1) is 6.10 Å². The van der Waals surface area contributed by atoms with Gasteiger partial charge in [-0.2, -0.15) is 0 Å². The van der Waals surface area contributed by atoms with E-state index in [0.29, 0.717) is 6.10 Å². The molecule has 1 aromatic rings. The number of hydrogen-bond donors (Lipinski definition) is 2. The molecule has 3 rings (SSSR count). The second kappa shape index (κ2) is 12.2. The summed E-state index contributed by atoms with van der Waals surface area (Å²) < 4.78 is 8.36. The van der Waals surface area contributed by atoms with E-state index in [2.05, 4.69) is 37.3 Å². The minimum Gasteiger partial charge on any atom is -0.378 e. The number of fused-ring (bicyclic) bond motifs is 1. The Kier molecular flexibility index (Phi) is 9.25. The summed E-state index contributed by atoms with van der Waals surface area (Å²) in [7, 11) is 1.84. The quantitative estimate of drug-likeness (QED) is 0.356. The van der Waals surface area contributed by atoms with Gasteiger partial charge in [-0.3, -0.25) is 4.99 Å². The van der Waals surface area contributed by atoms with E-state index < -0.39 is 0 Å².